The van der Waals surface area contributed by atoms with Crippen molar-refractivity contribution in [3.63, 3.8) is 0 Å². The molecule has 0 aromatic heterocycles. The van der Waals surface area contributed by atoms with Gasteiger partial charge in [-0.25, -0.2) is 0 Å². The van der Waals surface area contributed by atoms with Crippen LogP contribution >= 0.6 is 0 Å². The number of ether oxygens (including phenoxy) is 1. The summed E-state index contributed by atoms with van der Waals surface area (Å²) in [5, 5.41) is 11.5. The van der Waals surface area contributed by atoms with Crippen molar-refractivity contribution in [2.75, 3.05) is 39.8 Å². The Hall–Kier alpha value is -1.99. The Kier molecular flexibility index (Phi) is 7.71. The molecule has 4 fully saturated rings. The summed E-state index contributed by atoms with van der Waals surface area (Å²) in [6.07, 6.45) is 14.9. The summed E-state index contributed by atoms with van der Waals surface area (Å²) in [6, 6.07) is 0. The Labute approximate surface area is 264 Å². The number of rotatable bonds is 10. The molecule has 7 heteroatoms. The van der Waals surface area contributed by atoms with E-state index in [-0.39, 0.29) is 30.0 Å². The number of carboxylic acid groups (broad SMARTS) is 1. The van der Waals surface area contributed by atoms with Crippen LogP contribution in [-0.2, 0) is 14.3 Å². The number of carbonyl (C=O) groups is 2. The highest BCUT2D eigenvalue weighted by Gasteiger charge is 2.86. The molecule has 7 rings (SSSR count). The van der Waals surface area contributed by atoms with E-state index in [1.165, 1.54) is 17.8 Å². The molecule has 242 valence electrons. The summed E-state index contributed by atoms with van der Waals surface area (Å²) in [6.45, 7) is 13.6. The van der Waals surface area contributed by atoms with E-state index >= 15 is 0 Å². The fourth-order valence-corrected chi connectivity index (χ4v) is 12.2. The third kappa shape index (κ3) is 3.96. The van der Waals surface area contributed by atoms with Crippen LogP contribution in [0.25, 0.3) is 0 Å². The van der Waals surface area contributed by atoms with Crippen LogP contribution in [0.2, 0.25) is 0 Å². The average Bonchev–Trinajstić information content (AvgIpc) is 3.80. The molecule has 0 amide bonds. The standard InChI is InChI=1S/C37H55N3O4/c1-6-7-8-26-17-32(44-31(26)21-40-14-11-25(12-15-40)33-38-13-16-39(33)5)36-20-28-24(4)9-10-29(28)35(22-41)19-27(36)18-30(23(2)3)37(35,36)34(42)43/h11,18,22-24,26-29,31-32H,6-10,12-17,19-21H2,1-5H3,(H,42,43)/t24-,26?,27?,28-,29-,31?,32?,35?,36?,37?/m1/s1. The van der Waals surface area contributed by atoms with Gasteiger partial charge in [0.05, 0.1) is 24.2 Å². The third-order valence-electron chi connectivity index (χ3n) is 14.0. The van der Waals surface area contributed by atoms with Crippen molar-refractivity contribution in [1.82, 2.24) is 9.80 Å². The lowest BCUT2D eigenvalue weighted by Crippen LogP contribution is -2.65. The summed E-state index contributed by atoms with van der Waals surface area (Å²) < 4.78 is 7.33. The van der Waals surface area contributed by atoms with Gasteiger partial charge in [0.1, 0.15) is 17.5 Å². The minimum Gasteiger partial charge on any atom is -0.481 e. The molecular weight excluding hydrogens is 550 g/mol. The largest absolute Gasteiger partial charge is 0.481 e. The van der Waals surface area contributed by atoms with E-state index in [1.807, 2.05) is 0 Å². The number of nitrogens with zero attached hydrogens (tertiary/aromatic N) is 3. The van der Waals surface area contributed by atoms with Crippen LogP contribution in [0, 0.1) is 51.8 Å². The Morgan fingerprint density at radius 2 is 2.07 bits per heavy atom. The van der Waals surface area contributed by atoms with E-state index in [2.05, 4.69) is 56.7 Å². The molecule has 7 nitrogen and oxygen atoms in total. The molecule has 4 bridgehead atoms. The summed E-state index contributed by atoms with van der Waals surface area (Å²) in [4.78, 5) is 37.1. The number of fused-ring (bicyclic) bond motifs is 2. The number of amidine groups is 1. The average molecular weight is 606 g/mol. The molecule has 7 unspecified atom stereocenters. The second-order valence-corrected chi connectivity index (χ2v) is 16.0. The number of aldehydes is 1. The van der Waals surface area contributed by atoms with E-state index < -0.39 is 22.2 Å². The molecule has 0 radical (unpaired) electrons. The number of carbonyl (C=O) groups excluding carboxylic acids is 1. The smallest absolute Gasteiger partial charge is 0.315 e. The van der Waals surface area contributed by atoms with Gasteiger partial charge in [-0.15, -0.1) is 0 Å². The molecule has 0 spiro atoms. The molecule has 1 N–H and O–H groups in total. The molecule has 3 heterocycles. The van der Waals surface area contributed by atoms with Crippen molar-refractivity contribution < 1.29 is 19.4 Å². The number of aliphatic carboxylic acids is 1. The maximum absolute atomic E-state index is 14.0. The van der Waals surface area contributed by atoms with Gasteiger partial charge in [0.2, 0.25) is 0 Å². The van der Waals surface area contributed by atoms with Gasteiger partial charge in [-0.1, -0.05) is 64.7 Å². The summed E-state index contributed by atoms with van der Waals surface area (Å²) >= 11 is 0. The lowest BCUT2D eigenvalue weighted by atomic mass is 9.41. The van der Waals surface area contributed by atoms with Gasteiger partial charge in [0.25, 0.3) is 0 Å². The van der Waals surface area contributed by atoms with E-state index in [1.54, 1.807) is 0 Å². The predicted molar refractivity (Wildman–Crippen MR) is 172 cm³/mol. The number of aliphatic imine (C=N–C) groups is 1. The molecule has 1 saturated heterocycles. The molecule has 3 saturated carbocycles. The van der Waals surface area contributed by atoms with Gasteiger partial charge in [0, 0.05) is 38.6 Å². The number of hydrogen-bond donors (Lipinski definition) is 1. The summed E-state index contributed by atoms with van der Waals surface area (Å²) in [7, 11) is 2.14. The number of carboxylic acids is 1. The zero-order valence-corrected chi connectivity index (χ0v) is 27.8. The highest BCUT2D eigenvalue weighted by Crippen LogP contribution is 2.84. The summed E-state index contributed by atoms with van der Waals surface area (Å²) in [5.74, 6) is 2.11. The van der Waals surface area contributed by atoms with Gasteiger partial charge in [0.15, 0.2) is 0 Å². The van der Waals surface area contributed by atoms with E-state index in [0.29, 0.717) is 24.2 Å². The van der Waals surface area contributed by atoms with Crippen LogP contribution < -0.4 is 0 Å². The lowest BCUT2D eigenvalue weighted by Gasteiger charge is -2.60. The summed E-state index contributed by atoms with van der Waals surface area (Å²) in [5.41, 5.74) is -0.123. The van der Waals surface area contributed by atoms with Gasteiger partial charge in [-0.2, -0.15) is 0 Å². The SMILES string of the molecule is CCCCC1CC(C23C[C@@H]4[C@H](C)CC[C@H]4C4(C=O)CC2C=C(C(C)C)C34C(=O)O)OC1CN1CC=C(C2=NCCN2C)CC1. The third-order valence-corrected chi connectivity index (χ3v) is 14.0. The number of hydrogen-bond acceptors (Lipinski definition) is 6. The van der Waals surface area contributed by atoms with Crippen LogP contribution in [0.15, 0.2) is 28.3 Å². The molecule has 4 aliphatic carbocycles. The van der Waals surface area contributed by atoms with E-state index in [4.69, 9.17) is 9.73 Å². The molecule has 7 aliphatic rings. The maximum Gasteiger partial charge on any atom is 0.315 e. The maximum atomic E-state index is 14.0. The fraction of sp³-hybridized carbons (Fsp3) is 0.811. The minimum absolute atomic E-state index is 0.0939. The Morgan fingerprint density at radius 1 is 1.25 bits per heavy atom. The monoisotopic (exact) mass is 605 g/mol. The molecular formula is C37H55N3O4. The topological polar surface area (TPSA) is 82.4 Å². The van der Waals surface area contributed by atoms with Crippen LogP contribution in [-0.4, -0.2) is 85.0 Å². The van der Waals surface area contributed by atoms with Gasteiger partial charge >= 0.3 is 5.97 Å². The minimum atomic E-state index is -1.16. The van der Waals surface area contributed by atoms with Gasteiger partial charge < -0.3 is 19.5 Å². The van der Waals surface area contributed by atoms with Crippen molar-refractivity contribution in [2.24, 2.45) is 56.7 Å². The van der Waals surface area contributed by atoms with Crippen molar-refractivity contribution in [1.29, 1.82) is 0 Å². The van der Waals surface area contributed by atoms with Crippen LogP contribution in [0.5, 0.6) is 0 Å². The second-order valence-electron chi connectivity index (χ2n) is 16.0. The zero-order chi connectivity index (χ0) is 31.0. The van der Waals surface area contributed by atoms with E-state index in [9.17, 15) is 14.7 Å². The fourth-order valence-electron chi connectivity index (χ4n) is 12.2. The highest BCUT2D eigenvalue weighted by atomic mass is 16.5. The lowest BCUT2D eigenvalue weighted by molar-refractivity contribution is -0.197. The Balaban J connectivity index is 1.22. The number of unbranched alkanes of at least 4 members (excludes halogenated alkanes) is 1. The predicted octanol–water partition coefficient (Wildman–Crippen LogP) is 5.85. The Bertz CT molecular complexity index is 1270. The molecule has 44 heavy (non-hydrogen) atoms. The van der Waals surface area contributed by atoms with Gasteiger partial charge in [-0.05, 0) is 79.6 Å². The second kappa shape index (κ2) is 11.1. The van der Waals surface area contributed by atoms with Crippen LogP contribution in [0.3, 0.4) is 0 Å². The first-order valence-corrected chi connectivity index (χ1v) is 17.9. The normalized spacial score (nSPS) is 44.6. The van der Waals surface area contributed by atoms with Crippen molar-refractivity contribution in [3.8, 4) is 0 Å². The highest BCUT2D eigenvalue weighted by molar-refractivity contribution is 5.99. The zero-order valence-electron chi connectivity index (χ0n) is 27.8. The Morgan fingerprint density at radius 3 is 2.70 bits per heavy atom. The van der Waals surface area contributed by atoms with Crippen molar-refractivity contribution >= 4 is 18.1 Å². The molecule has 0 aromatic carbocycles. The first-order chi connectivity index (χ1) is 21.1. The molecule has 3 aliphatic heterocycles. The number of likely N-dealkylation sites (N-methyl/N-ethyl adjacent to an activating group) is 1. The van der Waals surface area contributed by atoms with Crippen molar-refractivity contribution in [3.05, 3.63) is 23.3 Å². The first kappa shape index (κ1) is 30.7. The van der Waals surface area contributed by atoms with E-state index in [0.717, 1.165) is 89.5 Å². The molecule has 0 aromatic rings. The first-order valence-electron chi connectivity index (χ1n) is 17.9. The van der Waals surface area contributed by atoms with Crippen LogP contribution in [0.4, 0.5) is 0 Å². The molecule has 10 atom stereocenters. The van der Waals surface area contributed by atoms with Gasteiger partial charge in [-0.3, -0.25) is 14.7 Å². The number of allylic oxidation sites excluding steroid dienone is 1. The van der Waals surface area contributed by atoms with Crippen LogP contribution in [0.1, 0.15) is 85.5 Å². The quantitative estimate of drug-likeness (QED) is 0.249. The van der Waals surface area contributed by atoms with Crippen molar-refractivity contribution in [2.45, 2.75) is 97.7 Å².